The summed E-state index contributed by atoms with van der Waals surface area (Å²) in [6.45, 7) is 4.05. The first kappa shape index (κ1) is 16.2. The van der Waals surface area contributed by atoms with E-state index in [4.69, 9.17) is 11.5 Å². The number of aromatic nitrogens is 1. The van der Waals surface area contributed by atoms with Gasteiger partial charge in [-0.2, -0.15) is 0 Å². The van der Waals surface area contributed by atoms with Crippen LogP contribution in [0.5, 0.6) is 0 Å². The van der Waals surface area contributed by atoms with Crippen LogP contribution < -0.4 is 16.9 Å². The maximum absolute atomic E-state index is 13.0. The zero-order valence-corrected chi connectivity index (χ0v) is 13.8. The van der Waals surface area contributed by atoms with Gasteiger partial charge in [0.25, 0.3) is 0 Å². The van der Waals surface area contributed by atoms with E-state index < -0.39 is 6.04 Å². The Morgan fingerprint density at radius 3 is 2.46 bits per heavy atom. The molecule has 0 aliphatic rings. The van der Waals surface area contributed by atoms with E-state index in [1.165, 1.54) is 0 Å². The van der Waals surface area contributed by atoms with Crippen molar-refractivity contribution in [3.05, 3.63) is 52.7 Å². The zero-order valence-electron chi connectivity index (χ0n) is 13.8. The molecule has 0 aliphatic heterocycles. The summed E-state index contributed by atoms with van der Waals surface area (Å²) < 4.78 is 1.55. The molecule has 2 aromatic carbocycles. The molecule has 1 aromatic heterocycles. The average Bonchev–Trinajstić information content (AvgIpc) is 2.55. The average molecular weight is 323 g/mol. The van der Waals surface area contributed by atoms with Crippen molar-refractivity contribution in [3.63, 3.8) is 0 Å². The van der Waals surface area contributed by atoms with Crippen LogP contribution in [0, 0.1) is 5.92 Å². The van der Waals surface area contributed by atoms with Crippen molar-refractivity contribution in [2.75, 3.05) is 5.73 Å². The van der Waals surface area contributed by atoms with Gasteiger partial charge in [-0.25, -0.2) is 0 Å². The largest absolute Gasteiger partial charge is 0.399 e. The second kappa shape index (κ2) is 6.09. The van der Waals surface area contributed by atoms with Crippen LogP contribution in [0.4, 0.5) is 5.69 Å². The molecule has 0 saturated carbocycles. The Bertz CT molecular complexity index is 989. The number of hydrogen-bond donors (Lipinski definition) is 2. The Morgan fingerprint density at radius 1 is 1.08 bits per heavy atom. The standard InChI is InChI=1S/C19H21N3O2/c1-11(2)9-15(21)19(24)22-16-6-4-3-5-13(16)18(23)14-10-12(20)7-8-17(14)22/h3-8,10-11,15H,9,20-21H2,1-2H3/t15-/m0/s1. The third kappa shape index (κ3) is 2.67. The van der Waals surface area contributed by atoms with E-state index in [9.17, 15) is 9.59 Å². The van der Waals surface area contributed by atoms with Crippen LogP contribution in [0.25, 0.3) is 21.8 Å². The van der Waals surface area contributed by atoms with E-state index in [2.05, 4.69) is 0 Å². The Kier molecular flexibility index (Phi) is 4.11. The number of rotatable bonds is 3. The number of anilines is 1. The van der Waals surface area contributed by atoms with E-state index in [0.29, 0.717) is 39.8 Å². The molecule has 3 aromatic rings. The fourth-order valence-corrected chi connectivity index (χ4v) is 3.08. The number of nitrogens with zero attached hydrogens (tertiary/aromatic N) is 1. The molecule has 0 bridgehead atoms. The van der Waals surface area contributed by atoms with Crippen LogP contribution in [0.2, 0.25) is 0 Å². The number of carbonyl (C=O) groups excluding carboxylic acids is 1. The minimum Gasteiger partial charge on any atom is -0.399 e. The Balaban J connectivity index is 2.37. The van der Waals surface area contributed by atoms with Crippen LogP contribution >= 0.6 is 0 Å². The second-order valence-corrected chi connectivity index (χ2v) is 6.53. The molecule has 1 atom stereocenters. The molecule has 0 saturated heterocycles. The number of para-hydroxylation sites is 1. The molecule has 1 heterocycles. The van der Waals surface area contributed by atoms with Crippen LogP contribution in [0.15, 0.2) is 47.3 Å². The van der Waals surface area contributed by atoms with Crippen LogP contribution in [0.3, 0.4) is 0 Å². The van der Waals surface area contributed by atoms with E-state index in [1.54, 1.807) is 41.0 Å². The van der Waals surface area contributed by atoms with Crippen molar-refractivity contribution in [1.29, 1.82) is 0 Å². The van der Waals surface area contributed by atoms with Gasteiger partial charge in [0.1, 0.15) is 0 Å². The lowest BCUT2D eigenvalue weighted by molar-refractivity contribution is 0.0878. The topological polar surface area (TPSA) is 91.1 Å². The van der Waals surface area contributed by atoms with Gasteiger partial charge >= 0.3 is 0 Å². The lowest BCUT2D eigenvalue weighted by atomic mass is 10.0. The van der Waals surface area contributed by atoms with Gasteiger partial charge in [0.15, 0.2) is 5.43 Å². The Hall–Kier alpha value is -2.66. The lowest BCUT2D eigenvalue weighted by Crippen LogP contribution is -2.36. The van der Waals surface area contributed by atoms with Gasteiger partial charge in [-0.3, -0.25) is 14.2 Å². The van der Waals surface area contributed by atoms with Gasteiger partial charge < -0.3 is 11.5 Å². The van der Waals surface area contributed by atoms with Gasteiger partial charge in [0.2, 0.25) is 5.91 Å². The van der Waals surface area contributed by atoms with E-state index in [0.717, 1.165) is 0 Å². The summed E-state index contributed by atoms with van der Waals surface area (Å²) in [7, 11) is 0. The Morgan fingerprint density at radius 2 is 1.75 bits per heavy atom. The molecular weight excluding hydrogens is 302 g/mol. The number of carbonyl (C=O) groups is 1. The zero-order chi connectivity index (χ0) is 17.4. The molecule has 0 radical (unpaired) electrons. The number of hydrogen-bond acceptors (Lipinski definition) is 4. The van der Waals surface area contributed by atoms with Crippen molar-refractivity contribution < 1.29 is 4.79 Å². The quantitative estimate of drug-likeness (QED) is 0.573. The van der Waals surface area contributed by atoms with Gasteiger partial charge in [0, 0.05) is 16.5 Å². The van der Waals surface area contributed by atoms with Crippen LogP contribution in [0.1, 0.15) is 25.1 Å². The highest BCUT2D eigenvalue weighted by Crippen LogP contribution is 2.22. The van der Waals surface area contributed by atoms with Crippen molar-refractivity contribution in [2.45, 2.75) is 26.3 Å². The highest BCUT2D eigenvalue weighted by molar-refractivity contribution is 6.04. The van der Waals surface area contributed by atoms with Crippen molar-refractivity contribution >= 4 is 33.4 Å². The molecule has 0 amide bonds. The predicted molar refractivity (Wildman–Crippen MR) is 98.2 cm³/mol. The first-order valence-corrected chi connectivity index (χ1v) is 8.03. The molecule has 124 valence electrons. The first-order chi connectivity index (χ1) is 11.4. The van der Waals surface area contributed by atoms with Gasteiger partial charge in [-0.1, -0.05) is 26.0 Å². The molecule has 0 spiro atoms. The van der Waals surface area contributed by atoms with Gasteiger partial charge in [-0.05, 0) is 42.7 Å². The SMILES string of the molecule is CC(C)C[C@H](N)C(=O)n1c2ccccc2c(=O)c2cc(N)ccc21. The molecule has 5 nitrogen and oxygen atoms in total. The minimum absolute atomic E-state index is 0.130. The first-order valence-electron chi connectivity index (χ1n) is 8.03. The summed E-state index contributed by atoms with van der Waals surface area (Å²) in [4.78, 5) is 25.8. The number of nitrogens with two attached hydrogens (primary N) is 2. The smallest absolute Gasteiger partial charge is 0.248 e. The lowest BCUT2D eigenvalue weighted by Gasteiger charge is -2.19. The normalized spacial score (nSPS) is 12.8. The third-order valence-corrected chi connectivity index (χ3v) is 4.16. The summed E-state index contributed by atoms with van der Waals surface area (Å²) in [6, 6.07) is 11.5. The molecule has 0 unspecified atom stereocenters. The number of pyridine rings is 1. The summed E-state index contributed by atoms with van der Waals surface area (Å²) in [5.41, 5.74) is 13.4. The molecule has 0 fully saturated rings. The van der Waals surface area contributed by atoms with Crippen molar-refractivity contribution in [2.24, 2.45) is 11.7 Å². The number of nitrogen functional groups attached to an aromatic ring is 1. The maximum Gasteiger partial charge on any atom is 0.248 e. The molecule has 5 heteroatoms. The fourth-order valence-electron chi connectivity index (χ4n) is 3.08. The van der Waals surface area contributed by atoms with Gasteiger partial charge in [0.05, 0.1) is 17.1 Å². The summed E-state index contributed by atoms with van der Waals surface area (Å²) in [5, 5.41) is 0.916. The van der Waals surface area contributed by atoms with Crippen LogP contribution in [-0.2, 0) is 0 Å². The van der Waals surface area contributed by atoms with Crippen molar-refractivity contribution in [3.8, 4) is 0 Å². The third-order valence-electron chi connectivity index (χ3n) is 4.16. The minimum atomic E-state index is -0.628. The van der Waals surface area contributed by atoms with Crippen molar-refractivity contribution in [1.82, 2.24) is 4.57 Å². The molecular formula is C19H21N3O2. The van der Waals surface area contributed by atoms with E-state index >= 15 is 0 Å². The number of fused-ring (bicyclic) bond motifs is 2. The monoisotopic (exact) mass is 323 g/mol. The maximum atomic E-state index is 13.0. The molecule has 3 rings (SSSR count). The highest BCUT2D eigenvalue weighted by atomic mass is 16.2. The predicted octanol–water partition coefficient (Wildman–Crippen LogP) is 2.75. The Labute approximate surface area is 139 Å². The summed E-state index contributed by atoms with van der Waals surface area (Å²) >= 11 is 0. The number of benzene rings is 2. The fraction of sp³-hybridized carbons (Fsp3) is 0.263. The van der Waals surface area contributed by atoms with E-state index in [1.807, 2.05) is 19.9 Å². The summed E-state index contributed by atoms with van der Waals surface area (Å²) in [6.07, 6.45) is 0.579. The molecule has 0 aliphatic carbocycles. The summed E-state index contributed by atoms with van der Waals surface area (Å²) in [5.74, 6) is 0.0891. The molecule has 24 heavy (non-hydrogen) atoms. The highest BCUT2D eigenvalue weighted by Gasteiger charge is 2.21. The van der Waals surface area contributed by atoms with Crippen LogP contribution in [-0.4, -0.2) is 16.5 Å². The molecule has 4 N–H and O–H groups in total. The second-order valence-electron chi connectivity index (χ2n) is 6.53. The van der Waals surface area contributed by atoms with Gasteiger partial charge in [-0.15, -0.1) is 0 Å². The van der Waals surface area contributed by atoms with E-state index in [-0.39, 0.29) is 11.3 Å².